The van der Waals surface area contributed by atoms with Crippen molar-refractivity contribution in [2.75, 3.05) is 47.5 Å². The lowest BCUT2D eigenvalue weighted by molar-refractivity contribution is -0.870. The molecule has 0 saturated carbocycles. The van der Waals surface area contributed by atoms with Gasteiger partial charge in [-0.05, 0) is 122 Å². The lowest BCUT2D eigenvalue weighted by Gasteiger charge is -2.25. The summed E-state index contributed by atoms with van der Waals surface area (Å²) in [7, 11) is 5.96. The van der Waals surface area contributed by atoms with E-state index in [2.05, 4.69) is 172 Å². The molecule has 0 saturated heterocycles. The molecule has 0 aliphatic heterocycles. The van der Waals surface area contributed by atoms with E-state index in [1.807, 2.05) is 21.1 Å². The predicted octanol–water partition coefficient (Wildman–Crippen LogP) is 21.7. The highest BCUT2D eigenvalue weighted by Gasteiger charge is 2.25. The third-order valence-electron chi connectivity index (χ3n) is 14.3. The van der Waals surface area contributed by atoms with Crippen LogP contribution in [0.1, 0.15) is 258 Å². The molecule has 0 radical (unpaired) electrons. The van der Waals surface area contributed by atoms with Crippen molar-refractivity contribution >= 4 is 17.9 Å². The summed E-state index contributed by atoms with van der Waals surface area (Å²) in [5.41, 5.74) is 0. The molecule has 0 aliphatic carbocycles. The van der Waals surface area contributed by atoms with Crippen LogP contribution in [0.25, 0.3) is 0 Å². The molecule has 492 valence electrons. The van der Waals surface area contributed by atoms with Crippen molar-refractivity contribution in [3.05, 3.63) is 158 Å². The Morgan fingerprint density at radius 1 is 0.345 bits per heavy atom. The fourth-order valence-corrected chi connectivity index (χ4v) is 9.06. The molecule has 0 amide bonds. The number of carboxylic acids is 1. The summed E-state index contributed by atoms with van der Waals surface area (Å²) in [6.07, 6.45) is 96.4. The molecule has 9 heteroatoms. The van der Waals surface area contributed by atoms with E-state index in [1.165, 1.54) is 83.5 Å². The monoisotopic (exact) mass is 1210 g/mol. The van der Waals surface area contributed by atoms with Crippen LogP contribution in [0, 0.1) is 0 Å². The number of carbonyl (C=O) groups is 3. The molecule has 0 aromatic rings. The van der Waals surface area contributed by atoms with Crippen molar-refractivity contribution in [3.63, 3.8) is 0 Å². The number of allylic oxidation sites excluding steroid dienone is 26. The van der Waals surface area contributed by atoms with Gasteiger partial charge in [0.2, 0.25) is 0 Å². The molecule has 0 aromatic carbocycles. The average Bonchev–Trinajstić information content (AvgIpc) is 3.59. The number of nitrogens with zero attached hydrogens (tertiary/aromatic N) is 1. The van der Waals surface area contributed by atoms with Crippen molar-refractivity contribution in [1.29, 1.82) is 0 Å². The number of likely N-dealkylation sites (N-methyl/N-ethyl adjacent to an activating group) is 1. The lowest BCUT2D eigenvalue weighted by Crippen LogP contribution is -2.40. The summed E-state index contributed by atoms with van der Waals surface area (Å²) in [6, 6.07) is 0. The number of hydrogen-bond donors (Lipinski definition) is 1. The molecule has 9 nitrogen and oxygen atoms in total. The number of carboxylic acid groups (broad SMARTS) is 1. The number of esters is 2. The molecule has 87 heavy (non-hydrogen) atoms. The SMILES string of the molecule is CC/C=C\C/C=C\C/C=C\C/C=C\C/C=C\C/C=C\C/C=C\C/C=C\CCCCCCCCCCCCCCCCCCC(=O)OC(COC(=O)CCCCCCC/C=C\C/C=C\C/C=C\C/C=C\C/C=C\CC)COC(OCC[N+](C)(C)C)C(=O)O. The van der Waals surface area contributed by atoms with Gasteiger partial charge in [-0.2, -0.15) is 0 Å². The number of carbonyl (C=O) groups excluding carboxylic acids is 2. The van der Waals surface area contributed by atoms with Gasteiger partial charge in [0.05, 0.1) is 34.4 Å². The third-order valence-corrected chi connectivity index (χ3v) is 14.3. The Labute approximate surface area is 534 Å². The zero-order valence-electron chi connectivity index (χ0n) is 56.1. The zero-order chi connectivity index (χ0) is 63.3. The topological polar surface area (TPSA) is 108 Å². The quantitative estimate of drug-likeness (QED) is 0.0211. The fraction of sp³-hybridized carbons (Fsp3) is 0.628. The maximum atomic E-state index is 12.9. The first-order valence-electron chi connectivity index (χ1n) is 34.6. The minimum atomic E-state index is -1.52. The Balaban J connectivity index is 4.11. The number of ether oxygens (including phenoxy) is 4. The van der Waals surface area contributed by atoms with E-state index in [4.69, 9.17) is 18.9 Å². The fourth-order valence-electron chi connectivity index (χ4n) is 9.06. The Morgan fingerprint density at radius 2 is 0.621 bits per heavy atom. The van der Waals surface area contributed by atoms with E-state index in [9.17, 15) is 19.5 Å². The van der Waals surface area contributed by atoms with Gasteiger partial charge in [-0.3, -0.25) is 9.59 Å². The number of rotatable bonds is 62. The van der Waals surface area contributed by atoms with Crippen LogP contribution in [-0.2, 0) is 33.3 Å². The van der Waals surface area contributed by atoms with Gasteiger partial charge in [0.1, 0.15) is 13.2 Å². The summed E-state index contributed by atoms with van der Waals surface area (Å²) < 4.78 is 22.9. The van der Waals surface area contributed by atoms with Crippen molar-refractivity contribution in [2.24, 2.45) is 0 Å². The Morgan fingerprint density at radius 3 is 0.920 bits per heavy atom. The molecule has 0 aliphatic rings. The maximum absolute atomic E-state index is 12.9. The van der Waals surface area contributed by atoms with Crippen LogP contribution in [0.15, 0.2) is 158 Å². The molecule has 0 heterocycles. The highest BCUT2D eigenvalue weighted by molar-refractivity contribution is 5.71. The van der Waals surface area contributed by atoms with Crippen LogP contribution in [0.2, 0.25) is 0 Å². The molecule has 0 aromatic heterocycles. The molecule has 0 rings (SSSR count). The molecule has 2 unspecified atom stereocenters. The first-order chi connectivity index (χ1) is 42.6. The van der Waals surface area contributed by atoms with Crippen molar-refractivity contribution < 1.29 is 42.9 Å². The molecular formula is C78H128NO8+. The predicted molar refractivity (Wildman–Crippen MR) is 373 cm³/mol. The van der Waals surface area contributed by atoms with Crippen LogP contribution >= 0.6 is 0 Å². The second kappa shape index (κ2) is 66.9. The first kappa shape index (κ1) is 81.9. The highest BCUT2D eigenvalue weighted by atomic mass is 16.7. The van der Waals surface area contributed by atoms with Crippen molar-refractivity contribution in [1.82, 2.24) is 0 Å². The summed E-state index contributed by atoms with van der Waals surface area (Å²) in [6.45, 7) is 4.62. The smallest absolute Gasteiger partial charge is 0.361 e. The molecule has 1 N–H and O–H groups in total. The maximum Gasteiger partial charge on any atom is 0.361 e. The number of quaternary nitrogens is 1. The summed E-state index contributed by atoms with van der Waals surface area (Å²) >= 11 is 0. The van der Waals surface area contributed by atoms with Gasteiger partial charge in [-0.1, -0.05) is 281 Å². The molecule has 0 fully saturated rings. The number of aliphatic carboxylic acids is 1. The summed E-state index contributed by atoms with van der Waals surface area (Å²) in [5.74, 6) is -2.04. The number of hydrogen-bond acceptors (Lipinski definition) is 7. The molecule has 0 bridgehead atoms. The third kappa shape index (κ3) is 68.3. The van der Waals surface area contributed by atoms with Gasteiger partial charge >= 0.3 is 17.9 Å². The Hall–Kier alpha value is -5.09. The van der Waals surface area contributed by atoms with Gasteiger partial charge in [-0.15, -0.1) is 0 Å². The van der Waals surface area contributed by atoms with Crippen LogP contribution in [0.4, 0.5) is 0 Å². The van der Waals surface area contributed by atoms with E-state index in [0.717, 1.165) is 141 Å². The van der Waals surface area contributed by atoms with Gasteiger partial charge in [0.15, 0.2) is 6.10 Å². The molecule has 0 spiro atoms. The van der Waals surface area contributed by atoms with Gasteiger partial charge in [0.25, 0.3) is 6.29 Å². The van der Waals surface area contributed by atoms with Crippen LogP contribution in [0.5, 0.6) is 0 Å². The van der Waals surface area contributed by atoms with Crippen LogP contribution in [0.3, 0.4) is 0 Å². The standard InChI is InChI=1S/C78H127NO8/c1-6-8-10-12-14-16-18-20-22-24-26-28-29-30-31-32-33-34-35-36-37-38-39-40-41-42-43-44-45-46-47-49-51-53-55-57-59-61-63-65-67-69-76(81)87-74(73-86-78(77(82)83)84-71-70-79(3,4)5)72-85-75(80)68-66-64-62-60-58-56-54-52-50-48-27-25-23-21-19-17-15-13-11-9-7-2/h8-11,14-17,20-23,26-28,30-31,33-34,36-37,39-40,48,52,54,74,78H,6-7,12-13,18-19,24-25,29,32,35,38,41-47,49-51,53,55-73H2,1-5H3/p+1/b10-8-,11-9-,16-14-,17-15-,22-20-,23-21-,28-26-,31-30-,34-33-,37-36-,40-39-,48-27-,54-52-. The first-order valence-corrected chi connectivity index (χ1v) is 34.6. The van der Waals surface area contributed by atoms with Gasteiger partial charge in [-0.25, -0.2) is 4.79 Å². The van der Waals surface area contributed by atoms with Crippen LogP contribution in [-0.4, -0.2) is 87.4 Å². The summed E-state index contributed by atoms with van der Waals surface area (Å²) in [4.78, 5) is 37.6. The van der Waals surface area contributed by atoms with Crippen LogP contribution < -0.4 is 0 Å². The molecule has 2 atom stereocenters. The van der Waals surface area contributed by atoms with E-state index in [0.29, 0.717) is 17.4 Å². The Bertz CT molecular complexity index is 1990. The summed E-state index contributed by atoms with van der Waals surface area (Å²) in [5, 5.41) is 9.74. The van der Waals surface area contributed by atoms with Crippen molar-refractivity contribution in [2.45, 2.75) is 270 Å². The lowest BCUT2D eigenvalue weighted by atomic mass is 10.0. The number of unbranched alkanes of at least 4 members (excludes halogenated alkanes) is 21. The zero-order valence-corrected chi connectivity index (χ0v) is 56.1. The minimum absolute atomic E-state index is 0.177. The highest BCUT2D eigenvalue weighted by Crippen LogP contribution is 2.16. The normalized spacial score (nSPS) is 13.7. The second-order valence-electron chi connectivity index (χ2n) is 23.7. The second-order valence-corrected chi connectivity index (χ2v) is 23.7. The molecular weight excluding hydrogens is 1080 g/mol. The van der Waals surface area contributed by atoms with E-state index < -0.39 is 24.3 Å². The van der Waals surface area contributed by atoms with E-state index in [-0.39, 0.29) is 38.6 Å². The van der Waals surface area contributed by atoms with E-state index >= 15 is 0 Å². The van der Waals surface area contributed by atoms with E-state index in [1.54, 1.807) is 0 Å². The van der Waals surface area contributed by atoms with Gasteiger partial charge in [0, 0.05) is 12.8 Å². The largest absolute Gasteiger partial charge is 0.477 e. The van der Waals surface area contributed by atoms with Crippen molar-refractivity contribution in [3.8, 4) is 0 Å². The average molecular weight is 1210 g/mol. The minimum Gasteiger partial charge on any atom is -0.477 e. The Kier molecular flexibility index (Phi) is 62.9. The van der Waals surface area contributed by atoms with Gasteiger partial charge < -0.3 is 28.5 Å².